The average molecular weight is 300 g/mol. The zero-order chi connectivity index (χ0) is 16.3. The van der Waals surface area contributed by atoms with Gasteiger partial charge >= 0.3 is 5.97 Å². The summed E-state index contributed by atoms with van der Waals surface area (Å²) < 4.78 is 0. The molecule has 2 N–H and O–H groups in total. The molecule has 116 valence electrons. The van der Waals surface area contributed by atoms with E-state index in [-0.39, 0.29) is 11.8 Å². The van der Waals surface area contributed by atoms with Gasteiger partial charge in [0.25, 0.3) is 5.91 Å². The number of aliphatic carboxylic acids is 1. The molecule has 0 spiro atoms. The molecule has 22 heavy (non-hydrogen) atoms. The summed E-state index contributed by atoms with van der Waals surface area (Å²) in [4.78, 5) is 28.2. The first-order chi connectivity index (χ1) is 10.4. The van der Waals surface area contributed by atoms with Crippen molar-refractivity contribution in [3.63, 3.8) is 0 Å². The van der Waals surface area contributed by atoms with Crippen LogP contribution in [-0.2, 0) is 4.79 Å². The molecule has 5 heteroatoms. The Morgan fingerprint density at radius 2 is 1.95 bits per heavy atom. The van der Waals surface area contributed by atoms with Crippen LogP contribution in [0.25, 0.3) is 10.9 Å². The van der Waals surface area contributed by atoms with Crippen LogP contribution in [0.15, 0.2) is 30.3 Å². The maximum absolute atomic E-state index is 12.5. The van der Waals surface area contributed by atoms with Crippen LogP contribution in [0.5, 0.6) is 0 Å². The van der Waals surface area contributed by atoms with Crippen LogP contribution in [-0.4, -0.2) is 28.0 Å². The van der Waals surface area contributed by atoms with Gasteiger partial charge < -0.3 is 10.4 Å². The molecule has 0 fully saturated rings. The minimum Gasteiger partial charge on any atom is -0.480 e. The number of hydrogen-bond donors (Lipinski definition) is 2. The van der Waals surface area contributed by atoms with Gasteiger partial charge in [-0.05, 0) is 24.5 Å². The van der Waals surface area contributed by atoms with E-state index in [0.29, 0.717) is 12.0 Å². The monoisotopic (exact) mass is 300 g/mol. The maximum Gasteiger partial charge on any atom is 0.326 e. The second-order valence-corrected chi connectivity index (χ2v) is 5.54. The second kappa shape index (κ2) is 6.56. The molecule has 1 aromatic carbocycles. The van der Waals surface area contributed by atoms with Gasteiger partial charge in [0, 0.05) is 11.1 Å². The van der Waals surface area contributed by atoms with Crippen molar-refractivity contribution in [1.82, 2.24) is 10.3 Å². The minimum atomic E-state index is -1.03. The van der Waals surface area contributed by atoms with E-state index in [0.717, 1.165) is 16.6 Å². The highest BCUT2D eigenvalue weighted by Gasteiger charge is 2.21. The van der Waals surface area contributed by atoms with Gasteiger partial charge in [0.05, 0.1) is 11.1 Å². The highest BCUT2D eigenvalue weighted by atomic mass is 16.4. The lowest BCUT2D eigenvalue weighted by Crippen LogP contribution is -2.40. The van der Waals surface area contributed by atoms with E-state index in [4.69, 9.17) is 5.11 Å². The van der Waals surface area contributed by atoms with E-state index in [1.54, 1.807) is 13.0 Å². The van der Waals surface area contributed by atoms with E-state index in [2.05, 4.69) is 10.3 Å². The van der Waals surface area contributed by atoms with Gasteiger partial charge in [-0.3, -0.25) is 9.78 Å². The van der Waals surface area contributed by atoms with Crippen LogP contribution in [0.3, 0.4) is 0 Å². The number of nitrogens with zero attached hydrogens (tertiary/aromatic N) is 1. The van der Waals surface area contributed by atoms with Crippen molar-refractivity contribution in [1.29, 1.82) is 0 Å². The molecule has 0 radical (unpaired) electrons. The van der Waals surface area contributed by atoms with E-state index in [1.807, 2.05) is 38.1 Å². The van der Waals surface area contributed by atoms with E-state index < -0.39 is 12.0 Å². The molecule has 1 aromatic heterocycles. The Hall–Kier alpha value is -2.43. The Bertz CT molecular complexity index is 710. The minimum absolute atomic E-state index is 0.178. The third-order valence-electron chi connectivity index (χ3n) is 3.58. The van der Waals surface area contributed by atoms with Crippen LogP contribution in [0, 0.1) is 0 Å². The largest absolute Gasteiger partial charge is 0.480 e. The highest BCUT2D eigenvalue weighted by Crippen LogP contribution is 2.22. The van der Waals surface area contributed by atoms with Gasteiger partial charge in [-0.2, -0.15) is 0 Å². The first-order valence-corrected chi connectivity index (χ1v) is 7.37. The maximum atomic E-state index is 12.5. The lowest BCUT2D eigenvalue weighted by molar-refractivity contribution is -0.139. The van der Waals surface area contributed by atoms with Gasteiger partial charge in [0.1, 0.15) is 6.04 Å². The zero-order valence-corrected chi connectivity index (χ0v) is 13.0. The fraction of sp³-hybridized carbons (Fsp3) is 0.353. The van der Waals surface area contributed by atoms with Gasteiger partial charge in [0.2, 0.25) is 0 Å². The number of carbonyl (C=O) groups excluding carboxylic acids is 1. The summed E-state index contributed by atoms with van der Waals surface area (Å²) in [5.41, 5.74) is 2.02. The third kappa shape index (κ3) is 3.24. The van der Waals surface area contributed by atoms with Crippen molar-refractivity contribution in [2.75, 3.05) is 0 Å². The summed E-state index contributed by atoms with van der Waals surface area (Å²) >= 11 is 0. The molecule has 1 unspecified atom stereocenters. The molecule has 2 aromatic rings. The lowest BCUT2D eigenvalue weighted by atomic mass is 10.0. The van der Waals surface area contributed by atoms with Crippen molar-refractivity contribution in [2.45, 2.75) is 39.2 Å². The Balaban J connectivity index is 2.48. The topological polar surface area (TPSA) is 79.3 Å². The number of carboxylic acid groups (broad SMARTS) is 1. The first-order valence-electron chi connectivity index (χ1n) is 7.37. The number of fused-ring (bicyclic) bond motifs is 1. The lowest BCUT2D eigenvalue weighted by Gasteiger charge is -2.15. The Kier molecular flexibility index (Phi) is 4.75. The molecule has 1 amide bonds. The number of amides is 1. The number of benzene rings is 1. The number of nitrogens with one attached hydrogen (secondary N) is 1. The summed E-state index contributed by atoms with van der Waals surface area (Å²) in [6.07, 6.45) is 0.334. The average Bonchev–Trinajstić information content (AvgIpc) is 2.50. The standard InChI is InChI=1S/C17H20N2O3/c1-4-13(17(21)22)19-16(20)12-9-15(10(2)3)18-14-8-6-5-7-11(12)14/h5-10,13H,4H2,1-3H3,(H,19,20)(H,21,22). The van der Waals surface area contributed by atoms with Crippen molar-refractivity contribution in [3.05, 3.63) is 41.6 Å². The SMILES string of the molecule is CCC(NC(=O)c1cc(C(C)C)nc2ccccc12)C(=O)O. The molecule has 0 aliphatic rings. The Morgan fingerprint density at radius 3 is 2.55 bits per heavy atom. The molecule has 2 rings (SSSR count). The molecule has 1 atom stereocenters. The molecule has 0 saturated heterocycles. The van der Waals surface area contributed by atoms with Crippen LogP contribution in [0.2, 0.25) is 0 Å². The van der Waals surface area contributed by atoms with Crippen molar-refractivity contribution in [2.24, 2.45) is 0 Å². The van der Waals surface area contributed by atoms with Crippen LogP contribution in [0.1, 0.15) is 49.2 Å². The Morgan fingerprint density at radius 1 is 1.27 bits per heavy atom. The summed E-state index contributed by atoms with van der Waals surface area (Å²) in [5.74, 6) is -1.23. The molecule has 0 aliphatic carbocycles. The van der Waals surface area contributed by atoms with Gasteiger partial charge in [-0.15, -0.1) is 0 Å². The third-order valence-corrected chi connectivity index (χ3v) is 3.58. The predicted octanol–water partition coefficient (Wildman–Crippen LogP) is 2.95. The Labute approximate surface area is 129 Å². The fourth-order valence-electron chi connectivity index (χ4n) is 2.25. The van der Waals surface area contributed by atoms with Crippen molar-refractivity contribution in [3.8, 4) is 0 Å². The van der Waals surface area contributed by atoms with Gasteiger partial charge in [-0.1, -0.05) is 39.0 Å². The van der Waals surface area contributed by atoms with Crippen LogP contribution in [0.4, 0.5) is 0 Å². The quantitative estimate of drug-likeness (QED) is 0.889. The number of aromatic nitrogens is 1. The van der Waals surface area contributed by atoms with Crippen molar-refractivity contribution < 1.29 is 14.7 Å². The van der Waals surface area contributed by atoms with Crippen molar-refractivity contribution >= 4 is 22.8 Å². The number of carbonyl (C=O) groups is 2. The summed E-state index contributed by atoms with van der Waals surface area (Å²) in [6, 6.07) is 8.24. The van der Waals surface area contributed by atoms with E-state index in [1.165, 1.54) is 0 Å². The first kappa shape index (κ1) is 15.9. The number of rotatable bonds is 5. The number of carboxylic acids is 1. The molecular formula is C17H20N2O3. The molecular weight excluding hydrogens is 280 g/mol. The number of hydrogen-bond acceptors (Lipinski definition) is 3. The predicted molar refractivity (Wildman–Crippen MR) is 85.0 cm³/mol. The molecule has 0 saturated carbocycles. The van der Waals surface area contributed by atoms with Crippen LogP contribution < -0.4 is 5.32 Å². The van der Waals surface area contributed by atoms with E-state index >= 15 is 0 Å². The second-order valence-electron chi connectivity index (χ2n) is 5.54. The fourth-order valence-corrected chi connectivity index (χ4v) is 2.25. The number of pyridine rings is 1. The van der Waals surface area contributed by atoms with Gasteiger partial charge in [-0.25, -0.2) is 4.79 Å². The molecule has 5 nitrogen and oxygen atoms in total. The van der Waals surface area contributed by atoms with E-state index in [9.17, 15) is 9.59 Å². The number of para-hydroxylation sites is 1. The smallest absolute Gasteiger partial charge is 0.326 e. The molecule has 1 heterocycles. The molecule has 0 aliphatic heterocycles. The highest BCUT2D eigenvalue weighted by molar-refractivity contribution is 6.07. The summed E-state index contributed by atoms with van der Waals surface area (Å²) in [7, 11) is 0. The zero-order valence-electron chi connectivity index (χ0n) is 13.0. The summed E-state index contributed by atoms with van der Waals surface area (Å²) in [5, 5.41) is 12.4. The van der Waals surface area contributed by atoms with Gasteiger partial charge in [0.15, 0.2) is 0 Å². The van der Waals surface area contributed by atoms with Crippen LogP contribution >= 0.6 is 0 Å². The summed E-state index contributed by atoms with van der Waals surface area (Å²) in [6.45, 7) is 5.74. The molecule has 0 bridgehead atoms. The normalized spacial score (nSPS) is 12.4.